The van der Waals surface area contributed by atoms with Crippen molar-refractivity contribution < 1.29 is 14.6 Å². The number of hydrogen-bond acceptors (Lipinski definition) is 4. The molecule has 1 atom stereocenters. The van der Waals surface area contributed by atoms with Gasteiger partial charge in [-0.3, -0.25) is 5.32 Å². The molecule has 2 N–H and O–H groups in total. The van der Waals surface area contributed by atoms with Gasteiger partial charge in [-0.2, -0.15) is 0 Å². The van der Waals surface area contributed by atoms with E-state index in [2.05, 4.69) is 24.1 Å². The summed E-state index contributed by atoms with van der Waals surface area (Å²) in [5.74, 6) is -0.329. The lowest BCUT2D eigenvalue weighted by molar-refractivity contribution is -0.144. The SMILES string of the molecule is CCN(CC)CCNC(C)(C(=O)O)c1ccccc1OC. The van der Waals surface area contributed by atoms with E-state index in [9.17, 15) is 9.90 Å². The molecule has 21 heavy (non-hydrogen) atoms. The highest BCUT2D eigenvalue weighted by atomic mass is 16.5. The van der Waals surface area contributed by atoms with Gasteiger partial charge in [0.15, 0.2) is 0 Å². The molecule has 0 aliphatic heterocycles. The topological polar surface area (TPSA) is 61.8 Å². The Bertz CT molecular complexity index is 461. The van der Waals surface area contributed by atoms with Gasteiger partial charge in [-0.25, -0.2) is 4.79 Å². The van der Waals surface area contributed by atoms with Crippen molar-refractivity contribution in [3.8, 4) is 5.75 Å². The van der Waals surface area contributed by atoms with E-state index in [0.717, 1.165) is 19.6 Å². The van der Waals surface area contributed by atoms with Gasteiger partial charge in [0.25, 0.3) is 0 Å². The molecule has 1 aromatic rings. The normalized spacial score (nSPS) is 14.0. The second kappa shape index (κ2) is 8.00. The zero-order valence-electron chi connectivity index (χ0n) is 13.3. The van der Waals surface area contributed by atoms with Crippen molar-refractivity contribution in [1.82, 2.24) is 10.2 Å². The van der Waals surface area contributed by atoms with Gasteiger partial charge in [0.05, 0.1) is 7.11 Å². The summed E-state index contributed by atoms with van der Waals surface area (Å²) >= 11 is 0. The minimum atomic E-state index is -1.17. The second-order valence-corrected chi connectivity index (χ2v) is 5.08. The predicted molar refractivity (Wildman–Crippen MR) is 83.8 cm³/mol. The van der Waals surface area contributed by atoms with Gasteiger partial charge in [-0.05, 0) is 26.1 Å². The average molecular weight is 294 g/mol. The van der Waals surface area contributed by atoms with Crippen LogP contribution in [0, 0.1) is 0 Å². The van der Waals surface area contributed by atoms with Crippen molar-refractivity contribution in [3.63, 3.8) is 0 Å². The number of benzene rings is 1. The first kappa shape index (κ1) is 17.5. The average Bonchev–Trinajstić information content (AvgIpc) is 2.51. The van der Waals surface area contributed by atoms with Crippen LogP contribution in [-0.4, -0.2) is 49.3 Å². The highest BCUT2D eigenvalue weighted by Gasteiger charge is 2.37. The molecule has 118 valence electrons. The number of ether oxygens (including phenoxy) is 1. The Balaban J connectivity index is 2.91. The summed E-state index contributed by atoms with van der Waals surface area (Å²) in [7, 11) is 1.55. The molecule has 0 saturated heterocycles. The zero-order chi connectivity index (χ0) is 15.9. The number of carbonyl (C=O) groups is 1. The summed E-state index contributed by atoms with van der Waals surface area (Å²) < 4.78 is 5.30. The number of carboxylic acid groups (broad SMARTS) is 1. The molecule has 0 aliphatic rings. The van der Waals surface area contributed by atoms with E-state index in [1.54, 1.807) is 26.2 Å². The third-order valence-corrected chi connectivity index (χ3v) is 3.87. The lowest BCUT2D eigenvalue weighted by atomic mass is 9.91. The van der Waals surface area contributed by atoms with E-state index in [-0.39, 0.29) is 0 Å². The van der Waals surface area contributed by atoms with Gasteiger partial charge in [0, 0.05) is 18.7 Å². The number of aliphatic carboxylic acids is 1. The lowest BCUT2D eigenvalue weighted by Crippen LogP contribution is -2.49. The van der Waals surface area contributed by atoms with Crippen LogP contribution < -0.4 is 10.1 Å². The number of hydrogen-bond donors (Lipinski definition) is 2. The fourth-order valence-corrected chi connectivity index (χ4v) is 2.35. The minimum absolute atomic E-state index is 0.581. The minimum Gasteiger partial charge on any atom is -0.496 e. The van der Waals surface area contributed by atoms with Crippen LogP contribution in [0.1, 0.15) is 26.3 Å². The van der Waals surface area contributed by atoms with E-state index in [1.807, 2.05) is 12.1 Å². The summed E-state index contributed by atoms with van der Waals surface area (Å²) in [6.45, 7) is 9.19. The molecule has 0 saturated carbocycles. The molecule has 0 bridgehead atoms. The maximum atomic E-state index is 11.8. The molecule has 5 heteroatoms. The molecule has 5 nitrogen and oxygen atoms in total. The van der Waals surface area contributed by atoms with Gasteiger partial charge < -0.3 is 14.7 Å². The van der Waals surface area contributed by atoms with Crippen LogP contribution in [0.15, 0.2) is 24.3 Å². The number of nitrogens with one attached hydrogen (secondary N) is 1. The first-order valence-electron chi connectivity index (χ1n) is 7.33. The van der Waals surface area contributed by atoms with Gasteiger partial charge in [0.2, 0.25) is 0 Å². The first-order chi connectivity index (χ1) is 9.99. The number of carboxylic acids is 1. The van der Waals surface area contributed by atoms with Crippen molar-refractivity contribution in [2.75, 3.05) is 33.3 Å². The zero-order valence-corrected chi connectivity index (χ0v) is 13.3. The van der Waals surface area contributed by atoms with E-state index in [0.29, 0.717) is 17.9 Å². The van der Waals surface area contributed by atoms with Crippen LogP contribution >= 0.6 is 0 Å². The second-order valence-electron chi connectivity index (χ2n) is 5.08. The van der Waals surface area contributed by atoms with Crippen LogP contribution in [0.4, 0.5) is 0 Å². The third-order valence-electron chi connectivity index (χ3n) is 3.87. The van der Waals surface area contributed by atoms with Crippen molar-refractivity contribution in [1.29, 1.82) is 0 Å². The van der Waals surface area contributed by atoms with Crippen LogP contribution in [0.3, 0.4) is 0 Å². The van der Waals surface area contributed by atoms with Crippen LogP contribution in [-0.2, 0) is 10.3 Å². The molecular weight excluding hydrogens is 268 g/mol. The summed E-state index contributed by atoms with van der Waals surface area (Å²) in [6, 6.07) is 7.23. The maximum Gasteiger partial charge on any atom is 0.328 e. The number of methoxy groups -OCH3 is 1. The molecule has 0 fully saturated rings. The first-order valence-corrected chi connectivity index (χ1v) is 7.33. The van der Waals surface area contributed by atoms with E-state index in [4.69, 9.17) is 4.74 Å². The molecule has 0 aromatic heterocycles. The summed E-state index contributed by atoms with van der Waals surface area (Å²) in [6.07, 6.45) is 0. The molecule has 1 aromatic carbocycles. The van der Waals surface area contributed by atoms with E-state index >= 15 is 0 Å². The Hall–Kier alpha value is -1.59. The van der Waals surface area contributed by atoms with Crippen molar-refractivity contribution >= 4 is 5.97 Å². The Morgan fingerprint density at radius 2 is 1.95 bits per heavy atom. The third kappa shape index (κ3) is 4.19. The molecule has 0 radical (unpaired) electrons. The van der Waals surface area contributed by atoms with Crippen LogP contribution in [0.5, 0.6) is 5.75 Å². The number of nitrogens with zero attached hydrogens (tertiary/aromatic N) is 1. The maximum absolute atomic E-state index is 11.8. The molecule has 0 amide bonds. The van der Waals surface area contributed by atoms with Crippen molar-refractivity contribution in [2.45, 2.75) is 26.3 Å². The van der Waals surface area contributed by atoms with Crippen LogP contribution in [0.25, 0.3) is 0 Å². The highest BCUT2D eigenvalue weighted by Crippen LogP contribution is 2.29. The molecule has 0 aliphatic carbocycles. The van der Waals surface area contributed by atoms with E-state index < -0.39 is 11.5 Å². The number of likely N-dealkylation sites (N-methyl/N-ethyl adjacent to an activating group) is 1. The molecule has 1 unspecified atom stereocenters. The fraction of sp³-hybridized carbons (Fsp3) is 0.562. The molecular formula is C16H26N2O3. The quantitative estimate of drug-likeness (QED) is 0.728. The molecule has 0 heterocycles. The Labute approximate surface area is 126 Å². The lowest BCUT2D eigenvalue weighted by Gasteiger charge is -2.29. The van der Waals surface area contributed by atoms with Gasteiger partial charge in [-0.15, -0.1) is 0 Å². The molecule has 0 spiro atoms. The highest BCUT2D eigenvalue weighted by molar-refractivity contribution is 5.81. The smallest absolute Gasteiger partial charge is 0.328 e. The predicted octanol–water partition coefficient (Wildman–Crippen LogP) is 1.93. The summed E-state index contributed by atoms with van der Waals surface area (Å²) in [5.41, 5.74) is -0.528. The van der Waals surface area contributed by atoms with Crippen LogP contribution in [0.2, 0.25) is 0 Å². The summed E-state index contributed by atoms with van der Waals surface area (Å²) in [4.78, 5) is 14.0. The Morgan fingerprint density at radius 1 is 1.33 bits per heavy atom. The van der Waals surface area contributed by atoms with Crippen molar-refractivity contribution in [2.24, 2.45) is 0 Å². The number of para-hydroxylation sites is 1. The monoisotopic (exact) mass is 294 g/mol. The Kier molecular flexibility index (Phi) is 6.65. The molecule has 1 rings (SSSR count). The summed E-state index contributed by atoms with van der Waals surface area (Å²) in [5, 5.41) is 12.8. The van der Waals surface area contributed by atoms with Gasteiger partial charge in [0.1, 0.15) is 11.3 Å². The van der Waals surface area contributed by atoms with Gasteiger partial charge in [-0.1, -0.05) is 32.0 Å². The van der Waals surface area contributed by atoms with E-state index in [1.165, 1.54) is 0 Å². The van der Waals surface area contributed by atoms with Crippen molar-refractivity contribution in [3.05, 3.63) is 29.8 Å². The number of rotatable bonds is 9. The largest absolute Gasteiger partial charge is 0.496 e. The fourth-order valence-electron chi connectivity index (χ4n) is 2.35. The standard InChI is InChI=1S/C16H26N2O3/c1-5-18(6-2)12-11-17-16(3,15(19)20)13-9-7-8-10-14(13)21-4/h7-10,17H,5-6,11-12H2,1-4H3,(H,19,20). The van der Waals surface area contributed by atoms with Gasteiger partial charge >= 0.3 is 5.97 Å². The Morgan fingerprint density at radius 3 is 2.48 bits per heavy atom.